The van der Waals surface area contributed by atoms with Gasteiger partial charge in [0.1, 0.15) is 0 Å². The van der Waals surface area contributed by atoms with Crippen LogP contribution in [0.4, 0.5) is 11.4 Å². The van der Waals surface area contributed by atoms with Crippen LogP contribution in [0, 0.1) is 5.92 Å². The first-order valence-electron chi connectivity index (χ1n) is 18.4. The van der Waals surface area contributed by atoms with Crippen molar-refractivity contribution in [2.45, 2.75) is 31.6 Å². The number of anilines is 2. The van der Waals surface area contributed by atoms with Gasteiger partial charge >= 0.3 is 0 Å². The van der Waals surface area contributed by atoms with Gasteiger partial charge in [-0.05, 0) is 122 Å². The van der Waals surface area contributed by atoms with Crippen LogP contribution < -0.4 is 4.90 Å². The van der Waals surface area contributed by atoms with Crippen LogP contribution in [0.15, 0.2) is 187 Å². The fourth-order valence-electron chi connectivity index (χ4n) is 9.32. The molecule has 2 atom stereocenters. The number of nitrogens with zero attached hydrogens (tertiary/aromatic N) is 1. The lowest BCUT2D eigenvalue weighted by Crippen LogP contribution is -2.29. The standard InChI is InChI=1S/C50H39N/c1-34-20-30-44-42-16-8-10-18-46(42)50(48(44)32-34)47-19-11-9-17-43(47)45-31-29-41(33-49(45)50)51(39-25-21-37(22-26-39)35-12-4-2-5-13-35)40-27-23-38(24-28-40)36-14-6-3-7-15-36/h2-23,25-27,29-31,33-34H,24,28,32H2,1H3. The molecule has 0 amide bonds. The van der Waals surface area contributed by atoms with Gasteiger partial charge in [-0.25, -0.2) is 0 Å². The third-order valence-corrected chi connectivity index (χ3v) is 11.6. The Morgan fingerprint density at radius 1 is 0.529 bits per heavy atom. The molecule has 0 saturated carbocycles. The Hall–Kier alpha value is -5.92. The monoisotopic (exact) mass is 653 g/mol. The highest BCUT2D eigenvalue weighted by atomic mass is 15.1. The molecular formula is C50H39N. The average Bonchev–Trinajstić information content (AvgIpc) is 3.66. The zero-order valence-corrected chi connectivity index (χ0v) is 28.9. The summed E-state index contributed by atoms with van der Waals surface area (Å²) in [6, 6.07) is 56.3. The van der Waals surface area contributed by atoms with Crippen LogP contribution in [0.1, 0.15) is 54.0 Å². The lowest BCUT2D eigenvalue weighted by Gasteiger charge is -2.36. The molecule has 0 bridgehead atoms. The maximum atomic E-state index is 2.54. The number of hydrogen-bond donors (Lipinski definition) is 0. The summed E-state index contributed by atoms with van der Waals surface area (Å²) in [6.45, 7) is 2.36. The van der Waals surface area contributed by atoms with Crippen LogP contribution >= 0.6 is 0 Å². The summed E-state index contributed by atoms with van der Waals surface area (Å²) in [7, 11) is 0. The molecule has 0 radical (unpaired) electrons. The molecule has 244 valence electrons. The average molecular weight is 654 g/mol. The van der Waals surface area contributed by atoms with Crippen molar-refractivity contribution < 1.29 is 0 Å². The molecule has 0 fully saturated rings. The number of benzene rings is 6. The van der Waals surface area contributed by atoms with E-state index >= 15 is 0 Å². The van der Waals surface area contributed by atoms with Gasteiger partial charge in [-0.15, -0.1) is 0 Å². The van der Waals surface area contributed by atoms with Crippen molar-refractivity contribution in [1.29, 1.82) is 0 Å². The summed E-state index contributed by atoms with van der Waals surface area (Å²) in [6.07, 6.45) is 12.5. The molecular weight excluding hydrogens is 615 g/mol. The van der Waals surface area contributed by atoms with Gasteiger partial charge in [-0.2, -0.15) is 0 Å². The number of hydrogen-bond acceptors (Lipinski definition) is 1. The van der Waals surface area contributed by atoms with E-state index < -0.39 is 0 Å². The zero-order chi connectivity index (χ0) is 33.9. The highest BCUT2D eigenvalue weighted by Crippen LogP contribution is 2.64. The fourth-order valence-corrected chi connectivity index (χ4v) is 9.32. The van der Waals surface area contributed by atoms with Gasteiger partial charge in [0, 0.05) is 17.1 Å². The van der Waals surface area contributed by atoms with Crippen molar-refractivity contribution in [1.82, 2.24) is 0 Å². The minimum atomic E-state index is -0.308. The van der Waals surface area contributed by atoms with Gasteiger partial charge in [0.2, 0.25) is 0 Å². The Bertz CT molecular complexity index is 2440. The van der Waals surface area contributed by atoms with E-state index in [9.17, 15) is 0 Å². The third kappa shape index (κ3) is 4.61. The molecule has 6 aromatic rings. The number of fused-ring (bicyclic) bond motifs is 9. The van der Waals surface area contributed by atoms with E-state index in [1.165, 1.54) is 78.3 Å². The maximum Gasteiger partial charge on any atom is 0.0689 e. The molecule has 4 aliphatic carbocycles. The normalized spacial score (nSPS) is 19.6. The molecule has 6 aromatic carbocycles. The van der Waals surface area contributed by atoms with Crippen LogP contribution in [-0.4, -0.2) is 0 Å². The molecule has 2 unspecified atom stereocenters. The first kappa shape index (κ1) is 29.9. The van der Waals surface area contributed by atoms with Gasteiger partial charge in [-0.3, -0.25) is 0 Å². The number of allylic oxidation sites excluding steroid dienone is 8. The zero-order valence-electron chi connectivity index (χ0n) is 28.9. The van der Waals surface area contributed by atoms with Crippen molar-refractivity contribution >= 4 is 22.5 Å². The van der Waals surface area contributed by atoms with E-state index in [1.54, 1.807) is 5.57 Å². The largest absolute Gasteiger partial charge is 0.314 e. The van der Waals surface area contributed by atoms with Crippen LogP contribution in [0.2, 0.25) is 0 Å². The molecule has 1 heteroatoms. The number of rotatable bonds is 5. The second-order valence-electron chi connectivity index (χ2n) is 14.5. The molecule has 4 aliphatic rings. The smallest absolute Gasteiger partial charge is 0.0689 e. The van der Waals surface area contributed by atoms with Crippen LogP contribution in [0.25, 0.3) is 33.4 Å². The van der Waals surface area contributed by atoms with Crippen LogP contribution in [-0.2, 0) is 5.41 Å². The first-order valence-corrected chi connectivity index (χ1v) is 18.4. The van der Waals surface area contributed by atoms with Gasteiger partial charge in [0.05, 0.1) is 5.41 Å². The van der Waals surface area contributed by atoms with Crippen molar-refractivity contribution in [3.05, 3.63) is 215 Å². The lowest BCUT2D eigenvalue weighted by molar-refractivity contribution is 0.630. The second-order valence-corrected chi connectivity index (χ2v) is 14.5. The molecule has 0 saturated heterocycles. The molecule has 1 spiro atoms. The fraction of sp³-hybridized carbons (Fsp3) is 0.120. The van der Waals surface area contributed by atoms with Crippen LogP contribution in [0.3, 0.4) is 0 Å². The van der Waals surface area contributed by atoms with E-state index in [-0.39, 0.29) is 5.41 Å². The van der Waals surface area contributed by atoms with Gasteiger partial charge in [-0.1, -0.05) is 153 Å². The van der Waals surface area contributed by atoms with Gasteiger partial charge in [0.25, 0.3) is 0 Å². The Labute approximate surface area is 301 Å². The maximum absolute atomic E-state index is 2.54. The molecule has 0 N–H and O–H groups in total. The van der Waals surface area contributed by atoms with E-state index in [0.717, 1.165) is 19.3 Å². The third-order valence-electron chi connectivity index (χ3n) is 11.6. The predicted octanol–water partition coefficient (Wildman–Crippen LogP) is 12.9. The molecule has 0 aromatic heterocycles. The highest BCUT2D eigenvalue weighted by molar-refractivity contribution is 5.98. The van der Waals surface area contributed by atoms with Crippen LogP contribution in [0.5, 0.6) is 0 Å². The Balaban J connectivity index is 1.17. The summed E-state index contributed by atoms with van der Waals surface area (Å²) in [5.41, 5.74) is 19.9. The van der Waals surface area contributed by atoms with Gasteiger partial charge in [0.15, 0.2) is 0 Å². The highest BCUT2D eigenvalue weighted by Gasteiger charge is 2.53. The first-order chi connectivity index (χ1) is 25.2. The van der Waals surface area contributed by atoms with Gasteiger partial charge < -0.3 is 4.90 Å². The molecule has 10 rings (SSSR count). The SMILES string of the molecule is CC1C=CC2=C(C1)C1(c3ccccc32)c2ccccc2-c2ccc(N(C3=CC=C(c4ccccc4)CC3)c3ccc(-c4ccccc4)cc3)cc21. The van der Waals surface area contributed by atoms with E-state index in [4.69, 9.17) is 0 Å². The van der Waals surface area contributed by atoms with Crippen molar-refractivity contribution in [3.8, 4) is 22.3 Å². The molecule has 51 heavy (non-hydrogen) atoms. The van der Waals surface area contributed by atoms with E-state index in [0.29, 0.717) is 5.92 Å². The summed E-state index contributed by atoms with van der Waals surface area (Å²) in [4.78, 5) is 2.52. The summed E-state index contributed by atoms with van der Waals surface area (Å²) in [5.74, 6) is 0.493. The minimum absolute atomic E-state index is 0.308. The topological polar surface area (TPSA) is 3.24 Å². The molecule has 0 heterocycles. The second kappa shape index (κ2) is 11.9. The van der Waals surface area contributed by atoms with Crippen molar-refractivity contribution in [2.75, 3.05) is 4.90 Å². The summed E-state index contributed by atoms with van der Waals surface area (Å²) in [5, 5.41) is 0. The Morgan fingerprint density at radius 3 is 1.86 bits per heavy atom. The Kier molecular flexibility index (Phi) is 6.96. The quantitative estimate of drug-likeness (QED) is 0.179. The predicted molar refractivity (Wildman–Crippen MR) is 214 cm³/mol. The minimum Gasteiger partial charge on any atom is -0.314 e. The Morgan fingerprint density at radius 2 is 1.14 bits per heavy atom. The van der Waals surface area contributed by atoms with Crippen molar-refractivity contribution in [3.63, 3.8) is 0 Å². The van der Waals surface area contributed by atoms with E-state index in [2.05, 4.69) is 188 Å². The van der Waals surface area contributed by atoms with E-state index in [1.807, 2.05) is 0 Å². The lowest BCUT2D eigenvalue weighted by atomic mass is 9.67. The van der Waals surface area contributed by atoms with Crippen molar-refractivity contribution in [2.24, 2.45) is 5.92 Å². The summed E-state index contributed by atoms with van der Waals surface area (Å²) >= 11 is 0. The summed E-state index contributed by atoms with van der Waals surface area (Å²) < 4.78 is 0. The molecule has 1 nitrogen and oxygen atoms in total. The molecule has 0 aliphatic heterocycles.